The van der Waals surface area contributed by atoms with E-state index in [1.165, 1.54) is 6.07 Å². The number of nitrogens with zero attached hydrogens (tertiary/aromatic N) is 2. The summed E-state index contributed by atoms with van der Waals surface area (Å²) in [5.74, 6) is -1.07. The van der Waals surface area contributed by atoms with Crippen LogP contribution in [0.25, 0.3) is 11.4 Å². The summed E-state index contributed by atoms with van der Waals surface area (Å²) in [6.45, 7) is 1.67. The number of aromatic nitrogens is 3. The highest BCUT2D eigenvalue weighted by Gasteiger charge is 2.18. The molecule has 0 aliphatic heterocycles. The fourth-order valence-electron chi connectivity index (χ4n) is 2.21. The lowest BCUT2D eigenvalue weighted by molar-refractivity contribution is -0.115. The normalized spacial score (nSPS) is 11.9. The van der Waals surface area contributed by atoms with Gasteiger partial charge in [-0.25, -0.2) is 13.8 Å². The summed E-state index contributed by atoms with van der Waals surface area (Å²) in [6.07, 6.45) is 0. The van der Waals surface area contributed by atoms with E-state index in [2.05, 4.69) is 20.5 Å². The quantitative estimate of drug-likeness (QED) is 0.625. The molecule has 2 aromatic carbocycles. The Bertz CT molecular complexity index is 947. The van der Waals surface area contributed by atoms with Crippen LogP contribution in [-0.2, 0) is 4.79 Å². The fourth-order valence-corrected chi connectivity index (χ4v) is 2.93. The van der Waals surface area contributed by atoms with Crippen LogP contribution in [0.4, 0.5) is 14.5 Å². The van der Waals surface area contributed by atoms with Crippen LogP contribution in [0.3, 0.4) is 0 Å². The third-order valence-electron chi connectivity index (χ3n) is 3.67. The van der Waals surface area contributed by atoms with Crippen LogP contribution in [0, 0.1) is 11.6 Å². The highest BCUT2D eigenvalue weighted by Crippen LogP contribution is 2.25. The fraction of sp³-hybridized carbons (Fsp3) is 0.167. The SMILES string of the molecule is COc1ccc(-c2nc(SC(C)C(=O)Nc3ccc(F)c(F)c3)n[nH]2)cc1. The zero-order valence-corrected chi connectivity index (χ0v) is 15.3. The van der Waals surface area contributed by atoms with Crippen molar-refractivity contribution in [2.24, 2.45) is 0 Å². The molecule has 1 atom stereocenters. The molecule has 0 fully saturated rings. The van der Waals surface area contributed by atoms with E-state index in [0.717, 1.165) is 35.2 Å². The van der Waals surface area contributed by atoms with E-state index in [-0.39, 0.29) is 11.6 Å². The summed E-state index contributed by atoms with van der Waals surface area (Å²) in [6, 6.07) is 10.5. The van der Waals surface area contributed by atoms with Crippen LogP contribution < -0.4 is 10.1 Å². The number of H-pyrrole nitrogens is 1. The molecule has 1 heterocycles. The van der Waals surface area contributed by atoms with Crippen LogP contribution in [0.15, 0.2) is 47.6 Å². The van der Waals surface area contributed by atoms with Crippen molar-refractivity contribution < 1.29 is 18.3 Å². The van der Waals surface area contributed by atoms with E-state index in [0.29, 0.717) is 11.0 Å². The van der Waals surface area contributed by atoms with Gasteiger partial charge in [-0.1, -0.05) is 11.8 Å². The molecule has 0 spiro atoms. The molecule has 0 aliphatic carbocycles. The average Bonchev–Trinajstić information content (AvgIpc) is 3.13. The monoisotopic (exact) mass is 390 g/mol. The van der Waals surface area contributed by atoms with Crippen molar-refractivity contribution >= 4 is 23.4 Å². The molecule has 0 aliphatic rings. The first kappa shape index (κ1) is 18.8. The van der Waals surface area contributed by atoms with Crippen molar-refractivity contribution in [3.8, 4) is 17.1 Å². The predicted octanol–water partition coefficient (Wildman–Crippen LogP) is 3.88. The molecule has 3 rings (SSSR count). The maximum absolute atomic E-state index is 13.2. The van der Waals surface area contributed by atoms with Gasteiger partial charge in [0, 0.05) is 17.3 Å². The molecule has 2 N–H and O–H groups in total. The number of hydrogen-bond acceptors (Lipinski definition) is 5. The number of ether oxygens (including phenoxy) is 1. The number of halogens is 2. The number of rotatable bonds is 6. The van der Waals surface area contributed by atoms with Gasteiger partial charge in [-0.3, -0.25) is 9.89 Å². The van der Waals surface area contributed by atoms with Gasteiger partial charge in [0.1, 0.15) is 5.75 Å². The van der Waals surface area contributed by atoms with E-state index in [4.69, 9.17) is 4.74 Å². The van der Waals surface area contributed by atoms with E-state index in [9.17, 15) is 13.6 Å². The molecule has 0 bridgehead atoms. The lowest BCUT2D eigenvalue weighted by atomic mass is 10.2. The Morgan fingerprint density at radius 2 is 1.93 bits per heavy atom. The lowest BCUT2D eigenvalue weighted by Crippen LogP contribution is -2.22. The number of thioether (sulfide) groups is 1. The van der Waals surface area contributed by atoms with Gasteiger partial charge < -0.3 is 10.1 Å². The molecule has 6 nitrogen and oxygen atoms in total. The standard InChI is InChI=1S/C18H16F2N4O2S/c1-10(17(25)21-12-5-8-14(19)15(20)9-12)27-18-22-16(23-24-18)11-3-6-13(26-2)7-4-11/h3-10H,1-2H3,(H,21,25)(H,22,23,24). The molecule has 27 heavy (non-hydrogen) atoms. The molecule has 0 saturated carbocycles. The second-order valence-corrected chi connectivity index (χ2v) is 6.88. The second kappa shape index (κ2) is 8.17. The van der Waals surface area contributed by atoms with Gasteiger partial charge in [0.15, 0.2) is 17.5 Å². The van der Waals surface area contributed by atoms with Crippen LogP contribution in [0.2, 0.25) is 0 Å². The van der Waals surface area contributed by atoms with Gasteiger partial charge in [-0.05, 0) is 43.3 Å². The Morgan fingerprint density at radius 3 is 2.59 bits per heavy atom. The maximum atomic E-state index is 13.2. The predicted molar refractivity (Wildman–Crippen MR) is 98.7 cm³/mol. The maximum Gasteiger partial charge on any atom is 0.237 e. The third-order valence-corrected chi connectivity index (χ3v) is 4.63. The Morgan fingerprint density at radius 1 is 1.19 bits per heavy atom. The highest BCUT2D eigenvalue weighted by atomic mass is 32.2. The van der Waals surface area contributed by atoms with E-state index in [1.807, 2.05) is 24.3 Å². The van der Waals surface area contributed by atoms with Gasteiger partial charge in [0.05, 0.1) is 12.4 Å². The number of carbonyl (C=O) groups is 1. The van der Waals surface area contributed by atoms with Crippen LogP contribution in [0.1, 0.15) is 6.92 Å². The number of anilines is 1. The van der Waals surface area contributed by atoms with Gasteiger partial charge in [0.2, 0.25) is 11.1 Å². The highest BCUT2D eigenvalue weighted by molar-refractivity contribution is 8.00. The minimum atomic E-state index is -1.02. The van der Waals surface area contributed by atoms with Crippen molar-refractivity contribution in [2.45, 2.75) is 17.3 Å². The van der Waals surface area contributed by atoms with Crippen LogP contribution in [0.5, 0.6) is 5.75 Å². The number of aromatic amines is 1. The van der Waals surface area contributed by atoms with E-state index < -0.39 is 16.9 Å². The van der Waals surface area contributed by atoms with E-state index >= 15 is 0 Å². The number of nitrogens with one attached hydrogen (secondary N) is 2. The second-order valence-electron chi connectivity index (χ2n) is 5.57. The summed E-state index contributed by atoms with van der Waals surface area (Å²) in [7, 11) is 1.59. The van der Waals surface area contributed by atoms with E-state index in [1.54, 1.807) is 14.0 Å². The largest absolute Gasteiger partial charge is 0.497 e. The van der Waals surface area contributed by atoms with Gasteiger partial charge in [-0.15, -0.1) is 5.10 Å². The molecule has 1 unspecified atom stereocenters. The third kappa shape index (κ3) is 4.62. The van der Waals surface area contributed by atoms with Gasteiger partial charge in [-0.2, -0.15) is 0 Å². The Labute approximate surface area is 158 Å². The molecule has 140 valence electrons. The van der Waals surface area contributed by atoms with Gasteiger partial charge in [0.25, 0.3) is 0 Å². The molecular weight excluding hydrogens is 374 g/mol. The smallest absolute Gasteiger partial charge is 0.237 e. The lowest BCUT2D eigenvalue weighted by Gasteiger charge is -2.10. The molecular formula is C18H16F2N4O2S. The van der Waals surface area contributed by atoms with Crippen molar-refractivity contribution in [3.05, 3.63) is 54.1 Å². The van der Waals surface area contributed by atoms with Crippen LogP contribution >= 0.6 is 11.8 Å². The average molecular weight is 390 g/mol. The van der Waals surface area contributed by atoms with Crippen molar-refractivity contribution in [1.82, 2.24) is 15.2 Å². The van der Waals surface area contributed by atoms with Crippen LogP contribution in [-0.4, -0.2) is 33.4 Å². The molecule has 1 amide bonds. The number of amides is 1. The van der Waals surface area contributed by atoms with Crippen molar-refractivity contribution in [2.75, 3.05) is 12.4 Å². The zero-order valence-electron chi connectivity index (χ0n) is 14.5. The van der Waals surface area contributed by atoms with Crippen molar-refractivity contribution in [3.63, 3.8) is 0 Å². The molecule has 9 heteroatoms. The first-order valence-corrected chi connectivity index (χ1v) is 8.83. The number of carbonyl (C=O) groups excluding carboxylic acids is 1. The molecule has 1 aromatic heterocycles. The Hall–Kier alpha value is -2.94. The van der Waals surface area contributed by atoms with Gasteiger partial charge >= 0.3 is 0 Å². The molecule has 0 radical (unpaired) electrons. The molecule has 3 aromatic rings. The first-order chi connectivity index (χ1) is 13.0. The number of methoxy groups -OCH3 is 1. The Balaban J connectivity index is 1.63. The minimum absolute atomic E-state index is 0.181. The Kier molecular flexibility index (Phi) is 5.70. The summed E-state index contributed by atoms with van der Waals surface area (Å²) < 4.78 is 31.3. The summed E-state index contributed by atoms with van der Waals surface area (Å²) in [5.41, 5.74) is 1.01. The number of benzene rings is 2. The topological polar surface area (TPSA) is 79.9 Å². The summed E-state index contributed by atoms with van der Waals surface area (Å²) >= 11 is 1.14. The zero-order chi connectivity index (χ0) is 19.4. The first-order valence-electron chi connectivity index (χ1n) is 7.95. The summed E-state index contributed by atoms with van der Waals surface area (Å²) in [5, 5.41) is 9.31. The minimum Gasteiger partial charge on any atom is -0.497 e. The number of hydrogen-bond donors (Lipinski definition) is 2. The molecule has 0 saturated heterocycles. The summed E-state index contributed by atoms with van der Waals surface area (Å²) in [4.78, 5) is 16.6. The van der Waals surface area contributed by atoms with Crippen molar-refractivity contribution in [1.29, 1.82) is 0 Å².